The number of pyridine rings is 1. The van der Waals surface area contributed by atoms with Crippen molar-refractivity contribution in [3.8, 4) is 11.5 Å². The standard InChI is InChI=1S/C20H20N2O4/c1-25-15-2-3-18-16(12-15)17(23)13-20(26-18)6-10-22(11-7-20)19(24)14-4-8-21-9-5-14/h2-5,8-9,12H,6-7,10-11,13H2,1H3. The second-order valence-electron chi connectivity index (χ2n) is 6.78. The molecule has 0 aliphatic carbocycles. The van der Waals surface area contributed by atoms with Crippen LogP contribution < -0.4 is 9.47 Å². The molecule has 1 aromatic heterocycles. The van der Waals surface area contributed by atoms with Gasteiger partial charge in [-0.3, -0.25) is 14.6 Å². The van der Waals surface area contributed by atoms with Crippen LogP contribution in [-0.4, -0.2) is 47.4 Å². The molecule has 1 aromatic carbocycles. The second kappa shape index (κ2) is 6.44. The van der Waals surface area contributed by atoms with Crippen molar-refractivity contribution < 1.29 is 19.1 Å². The van der Waals surface area contributed by atoms with Crippen LogP contribution in [0.1, 0.15) is 40.0 Å². The number of Topliss-reactive ketones (excluding diaryl/α,β-unsaturated/α-hetero) is 1. The minimum Gasteiger partial charge on any atom is -0.497 e. The van der Waals surface area contributed by atoms with Crippen LogP contribution in [-0.2, 0) is 0 Å². The lowest BCUT2D eigenvalue weighted by molar-refractivity contribution is -0.00576. The Balaban J connectivity index is 1.49. The molecule has 2 aliphatic heterocycles. The molecule has 6 heteroatoms. The minimum atomic E-state index is -0.520. The average Bonchev–Trinajstić information content (AvgIpc) is 2.68. The summed E-state index contributed by atoms with van der Waals surface area (Å²) in [5.41, 5.74) is 0.688. The van der Waals surface area contributed by atoms with Crippen LogP contribution in [0.15, 0.2) is 42.7 Å². The van der Waals surface area contributed by atoms with E-state index in [4.69, 9.17) is 9.47 Å². The summed E-state index contributed by atoms with van der Waals surface area (Å²) < 4.78 is 11.4. The first-order valence-corrected chi connectivity index (χ1v) is 8.70. The Kier molecular flexibility index (Phi) is 4.11. The number of rotatable bonds is 2. The predicted octanol–water partition coefficient (Wildman–Crippen LogP) is 2.73. The molecule has 1 amide bonds. The minimum absolute atomic E-state index is 0.00507. The highest BCUT2D eigenvalue weighted by molar-refractivity contribution is 6.01. The molecular weight excluding hydrogens is 332 g/mol. The van der Waals surface area contributed by atoms with E-state index in [1.165, 1.54) is 0 Å². The van der Waals surface area contributed by atoms with E-state index in [2.05, 4.69) is 4.98 Å². The molecule has 3 heterocycles. The van der Waals surface area contributed by atoms with E-state index < -0.39 is 5.60 Å². The molecule has 0 unspecified atom stereocenters. The summed E-state index contributed by atoms with van der Waals surface area (Å²) in [4.78, 5) is 31.0. The van der Waals surface area contributed by atoms with E-state index in [0.717, 1.165) is 0 Å². The van der Waals surface area contributed by atoms with Crippen LogP contribution in [0.4, 0.5) is 0 Å². The number of hydrogen-bond acceptors (Lipinski definition) is 5. The van der Waals surface area contributed by atoms with Gasteiger partial charge in [-0.05, 0) is 30.3 Å². The third-order valence-corrected chi connectivity index (χ3v) is 5.19. The van der Waals surface area contributed by atoms with Crippen LogP contribution in [0.3, 0.4) is 0 Å². The number of hydrogen-bond donors (Lipinski definition) is 0. The van der Waals surface area contributed by atoms with Crippen LogP contribution in [0.5, 0.6) is 11.5 Å². The number of amides is 1. The first-order valence-electron chi connectivity index (χ1n) is 8.70. The number of piperidine rings is 1. The molecular formula is C20H20N2O4. The van der Waals surface area contributed by atoms with E-state index in [1.807, 2.05) is 4.90 Å². The molecule has 1 spiro atoms. The number of aromatic nitrogens is 1. The zero-order valence-corrected chi connectivity index (χ0v) is 14.6. The molecule has 0 bridgehead atoms. The van der Waals surface area contributed by atoms with Crippen LogP contribution in [0.2, 0.25) is 0 Å². The Hall–Kier alpha value is -2.89. The molecule has 2 aromatic rings. The van der Waals surface area contributed by atoms with E-state index in [-0.39, 0.29) is 11.7 Å². The Morgan fingerprint density at radius 2 is 1.92 bits per heavy atom. The van der Waals surface area contributed by atoms with Gasteiger partial charge in [0, 0.05) is 43.9 Å². The lowest BCUT2D eigenvalue weighted by Crippen LogP contribution is -2.52. The molecule has 134 valence electrons. The monoisotopic (exact) mass is 352 g/mol. The van der Waals surface area contributed by atoms with Gasteiger partial charge in [-0.2, -0.15) is 0 Å². The maximum Gasteiger partial charge on any atom is 0.253 e. The number of carbonyl (C=O) groups is 2. The summed E-state index contributed by atoms with van der Waals surface area (Å²) in [6.07, 6.45) is 4.85. The highest BCUT2D eigenvalue weighted by Crippen LogP contribution is 2.40. The van der Waals surface area contributed by atoms with Gasteiger partial charge in [0.1, 0.15) is 17.1 Å². The topological polar surface area (TPSA) is 68.7 Å². The molecule has 1 saturated heterocycles. The van der Waals surface area contributed by atoms with Crippen molar-refractivity contribution in [1.29, 1.82) is 0 Å². The van der Waals surface area contributed by atoms with Crippen LogP contribution >= 0.6 is 0 Å². The molecule has 1 fully saturated rings. The van der Waals surface area contributed by atoms with Gasteiger partial charge in [-0.25, -0.2) is 0 Å². The number of ether oxygens (including phenoxy) is 2. The zero-order chi connectivity index (χ0) is 18.1. The van der Waals surface area contributed by atoms with Crippen molar-refractivity contribution in [3.05, 3.63) is 53.9 Å². The second-order valence-corrected chi connectivity index (χ2v) is 6.78. The fourth-order valence-corrected chi connectivity index (χ4v) is 3.67. The predicted molar refractivity (Wildman–Crippen MR) is 94.7 cm³/mol. The molecule has 0 saturated carbocycles. The SMILES string of the molecule is COc1ccc2c(c1)C(=O)CC1(CCN(C(=O)c3ccncc3)CC1)O2. The van der Waals surface area contributed by atoms with Gasteiger partial charge in [-0.1, -0.05) is 0 Å². The maximum absolute atomic E-state index is 12.6. The normalized spacial score (nSPS) is 18.2. The molecule has 2 aliphatic rings. The van der Waals surface area contributed by atoms with Crippen molar-refractivity contribution in [1.82, 2.24) is 9.88 Å². The molecule has 6 nitrogen and oxygen atoms in total. The van der Waals surface area contributed by atoms with Gasteiger partial charge in [0.2, 0.25) is 0 Å². The summed E-state index contributed by atoms with van der Waals surface area (Å²) in [7, 11) is 1.58. The quantitative estimate of drug-likeness (QED) is 0.831. The smallest absolute Gasteiger partial charge is 0.253 e. The number of ketones is 1. The molecule has 26 heavy (non-hydrogen) atoms. The lowest BCUT2D eigenvalue weighted by atomic mass is 9.82. The first kappa shape index (κ1) is 16.6. The fourth-order valence-electron chi connectivity index (χ4n) is 3.67. The molecule has 0 atom stereocenters. The number of methoxy groups -OCH3 is 1. The summed E-state index contributed by atoms with van der Waals surface area (Å²) >= 11 is 0. The average molecular weight is 352 g/mol. The third kappa shape index (κ3) is 2.92. The Morgan fingerprint density at radius 3 is 2.62 bits per heavy atom. The van der Waals surface area contributed by atoms with E-state index in [9.17, 15) is 9.59 Å². The molecule has 0 radical (unpaired) electrons. The zero-order valence-electron chi connectivity index (χ0n) is 14.6. The number of likely N-dealkylation sites (tertiary alicyclic amines) is 1. The first-order chi connectivity index (χ1) is 12.6. The van der Waals surface area contributed by atoms with E-state index in [1.54, 1.807) is 49.8 Å². The van der Waals surface area contributed by atoms with Gasteiger partial charge in [-0.15, -0.1) is 0 Å². The molecule has 0 N–H and O–H groups in total. The van der Waals surface area contributed by atoms with Crippen molar-refractivity contribution in [2.45, 2.75) is 24.9 Å². The highest BCUT2D eigenvalue weighted by Gasteiger charge is 2.43. The number of benzene rings is 1. The van der Waals surface area contributed by atoms with Crippen LogP contribution in [0.25, 0.3) is 0 Å². The van der Waals surface area contributed by atoms with Crippen LogP contribution in [0, 0.1) is 0 Å². The summed E-state index contributed by atoms with van der Waals surface area (Å²) in [5.74, 6) is 1.32. The number of fused-ring (bicyclic) bond motifs is 1. The Labute approximate surface area is 151 Å². The largest absolute Gasteiger partial charge is 0.497 e. The summed E-state index contributed by atoms with van der Waals surface area (Å²) in [6, 6.07) is 8.76. The summed E-state index contributed by atoms with van der Waals surface area (Å²) in [6.45, 7) is 1.14. The Bertz CT molecular complexity index is 842. The number of nitrogens with zero attached hydrogens (tertiary/aromatic N) is 2. The van der Waals surface area contributed by atoms with Crippen molar-refractivity contribution in [3.63, 3.8) is 0 Å². The summed E-state index contributed by atoms with van der Waals surface area (Å²) in [5, 5.41) is 0. The van der Waals surface area contributed by atoms with Gasteiger partial charge >= 0.3 is 0 Å². The highest BCUT2D eigenvalue weighted by atomic mass is 16.5. The molecule has 4 rings (SSSR count). The van der Waals surface area contributed by atoms with Gasteiger partial charge in [0.15, 0.2) is 5.78 Å². The van der Waals surface area contributed by atoms with Crippen molar-refractivity contribution >= 4 is 11.7 Å². The van der Waals surface area contributed by atoms with Crippen molar-refractivity contribution in [2.24, 2.45) is 0 Å². The van der Waals surface area contributed by atoms with E-state index >= 15 is 0 Å². The lowest BCUT2D eigenvalue weighted by Gasteiger charge is -2.44. The van der Waals surface area contributed by atoms with Gasteiger partial charge in [0.05, 0.1) is 19.1 Å². The fraction of sp³-hybridized carbons (Fsp3) is 0.350. The number of carbonyl (C=O) groups excluding carboxylic acids is 2. The third-order valence-electron chi connectivity index (χ3n) is 5.19. The van der Waals surface area contributed by atoms with E-state index in [0.29, 0.717) is 55.0 Å². The van der Waals surface area contributed by atoms with Crippen molar-refractivity contribution in [2.75, 3.05) is 20.2 Å². The van der Waals surface area contributed by atoms with Gasteiger partial charge in [0.25, 0.3) is 5.91 Å². The maximum atomic E-state index is 12.6. The Morgan fingerprint density at radius 1 is 1.19 bits per heavy atom. The van der Waals surface area contributed by atoms with Gasteiger partial charge < -0.3 is 14.4 Å².